The van der Waals surface area contributed by atoms with Crippen LogP contribution in [0.15, 0.2) is 51.8 Å². The van der Waals surface area contributed by atoms with E-state index >= 15 is 0 Å². The van der Waals surface area contributed by atoms with E-state index < -0.39 is 10.0 Å². The van der Waals surface area contributed by atoms with Gasteiger partial charge in [0, 0.05) is 9.50 Å². The quantitative estimate of drug-likeness (QED) is 0.891. The van der Waals surface area contributed by atoms with E-state index in [4.69, 9.17) is 11.6 Å². The van der Waals surface area contributed by atoms with E-state index in [1.165, 1.54) is 0 Å². The number of sulfonamides is 1. The van der Waals surface area contributed by atoms with Crippen molar-refractivity contribution in [3.8, 4) is 0 Å². The van der Waals surface area contributed by atoms with Crippen LogP contribution in [0.3, 0.4) is 0 Å². The lowest BCUT2D eigenvalue weighted by molar-refractivity contribution is 0.601. The van der Waals surface area contributed by atoms with Crippen molar-refractivity contribution < 1.29 is 8.42 Å². The van der Waals surface area contributed by atoms with Crippen LogP contribution in [0.1, 0.15) is 5.56 Å². The normalized spacial score (nSPS) is 11.3. The number of benzene rings is 2. The third-order valence-electron chi connectivity index (χ3n) is 2.51. The lowest BCUT2D eigenvalue weighted by atomic mass is 10.2. The van der Waals surface area contributed by atoms with E-state index in [1.807, 2.05) is 6.92 Å². The topological polar surface area (TPSA) is 46.2 Å². The molecule has 0 radical (unpaired) electrons. The second-order valence-electron chi connectivity index (χ2n) is 4.04. The summed E-state index contributed by atoms with van der Waals surface area (Å²) in [4.78, 5) is 0.222. The fraction of sp³-hybridized carbons (Fsp3) is 0.0769. The Labute approximate surface area is 125 Å². The molecule has 0 aromatic heterocycles. The molecule has 0 aliphatic carbocycles. The zero-order valence-electron chi connectivity index (χ0n) is 10.0. The molecule has 0 aliphatic heterocycles. The molecular weight excluding hydrogens is 350 g/mol. The fourth-order valence-electron chi connectivity index (χ4n) is 1.49. The molecule has 0 fully saturated rings. The predicted molar refractivity (Wildman–Crippen MR) is 81.1 cm³/mol. The minimum Gasteiger partial charge on any atom is -0.278 e. The molecular formula is C13H11BrClNO2S. The third-order valence-corrected chi connectivity index (χ3v) is 4.78. The number of aryl methyl sites for hydroxylation is 1. The third kappa shape index (κ3) is 3.49. The van der Waals surface area contributed by atoms with E-state index in [-0.39, 0.29) is 4.90 Å². The van der Waals surface area contributed by atoms with E-state index in [2.05, 4.69) is 20.7 Å². The number of hydrogen-bond acceptors (Lipinski definition) is 2. The van der Waals surface area contributed by atoms with Gasteiger partial charge in [-0.05, 0) is 53.2 Å². The number of anilines is 1. The Kier molecular flexibility index (Phi) is 4.18. The Morgan fingerprint density at radius 3 is 2.32 bits per heavy atom. The molecule has 0 heterocycles. The van der Waals surface area contributed by atoms with Crippen molar-refractivity contribution in [3.63, 3.8) is 0 Å². The average molecular weight is 361 g/mol. The van der Waals surface area contributed by atoms with Crippen LogP contribution in [0.5, 0.6) is 0 Å². The van der Waals surface area contributed by atoms with Crippen LogP contribution in [0.25, 0.3) is 0 Å². The van der Waals surface area contributed by atoms with Crippen molar-refractivity contribution in [2.24, 2.45) is 0 Å². The van der Waals surface area contributed by atoms with Crippen molar-refractivity contribution in [2.75, 3.05) is 4.72 Å². The monoisotopic (exact) mass is 359 g/mol. The van der Waals surface area contributed by atoms with Gasteiger partial charge in [0.25, 0.3) is 10.0 Å². The maximum Gasteiger partial charge on any atom is 0.261 e. The summed E-state index contributed by atoms with van der Waals surface area (Å²) >= 11 is 9.09. The Bertz CT molecular complexity index is 699. The molecule has 0 unspecified atom stereocenters. The molecule has 0 amide bonds. The minimum atomic E-state index is -3.59. The Hall–Kier alpha value is -1.04. The highest BCUT2D eigenvalue weighted by Gasteiger charge is 2.15. The smallest absolute Gasteiger partial charge is 0.261 e. The molecule has 2 aromatic rings. The van der Waals surface area contributed by atoms with Gasteiger partial charge in [0.05, 0.1) is 10.6 Å². The van der Waals surface area contributed by atoms with Crippen LogP contribution < -0.4 is 4.72 Å². The molecule has 0 spiro atoms. The van der Waals surface area contributed by atoms with Crippen LogP contribution in [0.2, 0.25) is 5.02 Å². The lowest BCUT2D eigenvalue weighted by Crippen LogP contribution is -2.13. The van der Waals surface area contributed by atoms with Crippen LogP contribution >= 0.6 is 27.5 Å². The highest BCUT2D eigenvalue weighted by atomic mass is 79.9. The maximum absolute atomic E-state index is 12.2. The zero-order chi connectivity index (χ0) is 14.0. The van der Waals surface area contributed by atoms with Gasteiger partial charge in [-0.2, -0.15) is 0 Å². The molecule has 3 nitrogen and oxygen atoms in total. The Morgan fingerprint density at radius 2 is 1.74 bits per heavy atom. The SMILES string of the molecule is Cc1ccc(S(=O)(=O)Nc2ccc(Cl)cc2Br)cc1. The first-order valence-electron chi connectivity index (χ1n) is 5.43. The van der Waals surface area contributed by atoms with Crippen LogP contribution in [0.4, 0.5) is 5.69 Å². The largest absolute Gasteiger partial charge is 0.278 e. The molecule has 1 N–H and O–H groups in total. The van der Waals surface area contributed by atoms with E-state index in [0.29, 0.717) is 15.2 Å². The molecule has 0 saturated heterocycles. The van der Waals surface area contributed by atoms with Crippen molar-refractivity contribution in [1.82, 2.24) is 0 Å². The summed E-state index contributed by atoms with van der Waals surface area (Å²) < 4.78 is 27.5. The molecule has 0 bridgehead atoms. The first kappa shape index (κ1) is 14.4. The molecule has 0 aliphatic rings. The first-order valence-corrected chi connectivity index (χ1v) is 8.08. The summed E-state index contributed by atoms with van der Waals surface area (Å²) in [5, 5.41) is 0.533. The minimum absolute atomic E-state index is 0.222. The number of nitrogens with one attached hydrogen (secondary N) is 1. The number of hydrogen-bond donors (Lipinski definition) is 1. The summed E-state index contributed by atoms with van der Waals surface area (Å²) in [6.45, 7) is 1.90. The van der Waals surface area contributed by atoms with Gasteiger partial charge in [-0.15, -0.1) is 0 Å². The maximum atomic E-state index is 12.2. The van der Waals surface area contributed by atoms with Gasteiger partial charge in [0.2, 0.25) is 0 Å². The standard InChI is InChI=1S/C13H11BrClNO2S/c1-9-2-5-11(6-3-9)19(17,18)16-13-7-4-10(15)8-12(13)14/h2-8,16H,1H3. The van der Waals surface area contributed by atoms with Crippen LogP contribution in [-0.4, -0.2) is 8.42 Å². The Morgan fingerprint density at radius 1 is 1.11 bits per heavy atom. The number of halogens is 2. The van der Waals surface area contributed by atoms with Gasteiger partial charge < -0.3 is 0 Å². The van der Waals surface area contributed by atoms with Crippen LogP contribution in [-0.2, 0) is 10.0 Å². The molecule has 6 heteroatoms. The van der Waals surface area contributed by atoms with Crippen molar-refractivity contribution in [1.29, 1.82) is 0 Å². The Balaban J connectivity index is 2.33. The van der Waals surface area contributed by atoms with Crippen molar-refractivity contribution in [2.45, 2.75) is 11.8 Å². The van der Waals surface area contributed by atoms with Gasteiger partial charge in [-0.25, -0.2) is 8.42 Å². The van der Waals surface area contributed by atoms with Crippen molar-refractivity contribution >= 4 is 43.2 Å². The molecule has 19 heavy (non-hydrogen) atoms. The van der Waals surface area contributed by atoms with Gasteiger partial charge in [0.15, 0.2) is 0 Å². The summed E-state index contributed by atoms with van der Waals surface area (Å²) in [5.74, 6) is 0. The lowest BCUT2D eigenvalue weighted by Gasteiger charge is -2.10. The molecule has 0 saturated carbocycles. The van der Waals surface area contributed by atoms with Crippen molar-refractivity contribution in [3.05, 3.63) is 57.5 Å². The van der Waals surface area contributed by atoms with Gasteiger partial charge >= 0.3 is 0 Å². The summed E-state index contributed by atoms with van der Waals surface area (Å²) in [6, 6.07) is 11.5. The van der Waals surface area contributed by atoms with Gasteiger partial charge in [0.1, 0.15) is 0 Å². The second-order valence-corrected chi connectivity index (χ2v) is 7.02. The first-order chi connectivity index (χ1) is 8.88. The van der Waals surface area contributed by atoms with Gasteiger partial charge in [-0.1, -0.05) is 29.3 Å². The van der Waals surface area contributed by atoms with Crippen LogP contribution in [0, 0.1) is 6.92 Å². The van der Waals surface area contributed by atoms with Gasteiger partial charge in [-0.3, -0.25) is 4.72 Å². The van der Waals surface area contributed by atoms with E-state index in [0.717, 1.165) is 5.56 Å². The summed E-state index contributed by atoms with van der Waals surface area (Å²) in [5.41, 5.74) is 1.46. The molecule has 2 aromatic carbocycles. The predicted octanol–water partition coefficient (Wildman–Crippen LogP) is 4.21. The fourth-order valence-corrected chi connectivity index (χ4v) is 3.49. The molecule has 0 atom stereocenters. The molecule has 100 valence electrons. The highest BCUT2D eigenvalue weighted by Crippen LogP contribution is 2.28. The average Bonchev–Trinajstić information content (AvgIpc) is 2.33. The van der Waals surface area contributed by atoms with E-state index in [1.54, 1.807) is 42.5 Å². The van der Waals surface area contributed by atoms with E-state index in [9.17, 15) is 8.42 Å². The number of rotatable bonds is 3. The summed E-state index contributed by atoms with van der Waals surface area (Å²) in [6.07, 6.45) is 0. The second kappa shape index (κ2) is 5.53. The molecule has 2 rings (SSSR count). The summed E-state index contributed by atoms with van der Waals surface area (Å²) in [7, 11) is -3.59. The zero-order valence-corrected chi connectivity index (χ0v) is 13.2. The highest BCUT2D eigenvalue weighted by molar-refractivity contribution is 9.10.